The number of carbonyl (C=O) groups excluding carboxylic acids is 1. The van der Waals surface area contributed by atoms with E-state index in [2.05, 4.69) is 10.4 Å². The Bertz CT molecular complexity index is 314. The van der Waals surface area contributed by atoms with Gasteiger partial charge in [0.25, 0.3) is 5.91 Å². The number of hydrogen-bond donors (Lipinski definition) is 1. The van der Waals surface area contributed by atoms with E-state index in [1.54, 1.807) is 18.0 Å². The van der Waals surface area contributed by atoms with Gasteiger partial charge in [-0.15, -0.1) is 0 Å². The molecule has 0 spiro atoms. The highest BCUT2D eigenvalue weighted by Crippen LogP contribution is 2.13. The molecule has 1 N–H and O–H groups in total. The van der Waals surface area contributed by atoms with Crippen LogP contribution in [0.5, 0.6) is 0 Å². The van der Waals surface area contributed by atoms with E-state index in [1.165, 1.54) is 0 Å². The highest BCUT2D eigenvalue weighted by molar-refractivity contribution is 6.06. The fourth-order valence-corrected chi connectivity index (χ4v) is 1.23. The number of nitrogens with one attached hydrogen (secondary N) is 1. The first-order chi connectivity index (χ1) is 5.77. The first-order valence-corrected chi connectivity index (χ1v) is 3.78. The minimum Gasteiger partial charge on any atom is -0.308 e. The summed E-state index contributed by atoms with van der Waals surface area (Å²) in [6.45, 7) is 2.45. The van der Waals surface area contributed by atoms with Crippen molar-refractivity contribution >= 4 is 11.7 Å². The van der Waals surface area contributed by atoms with Crippen LogP contribution in [0.15, 0.2) is 29.0 Å². The molecule has 2 rings (SSSR count). The van der Waals surface area contributed by atoms with Crippen LogP contribution in [0.25, 0.3) is 0 Å². The summed E-state index contributed by atoms with van der Waals surface area (Å²) >= 11 is 0. The van der Waals surface area contributed by atoms with E-state index < -0.39 is 0 Å². The maximum absolute atomic E-state index is 11.3. The van der Waals surface area contributed by atoms with E-state index in [-0.39, 0.29) is 5.91 Å². The van der Waals surface area contributed by atoms with Crippen molar-refractivity contribution in [2.75, 3.05) is 6.54 Å². The van der Waals surface area contributed by atoms with Crippen LogP contribution < -0.4 is 5.32 Å². The highest BCUT2D eigenvalue weighted by atomic mass is 16.2. The maximum atomic E-state index is 11.3. The number of amides is 1. The molecule has 0 bridgehead atoms. The topological polar surface area (TPSA) is 44.7 Å². The lowest BCUT2D eigenvalue weighted by Gasteiger charge is -2.26. The molecule has 0 unspecified atom stereocenters. The van der Waals surface area contributed by atoms with Gasteiger partial charge in [-0.2, -0.15) is 5.10 Å². The summed E-state index contributed by atoms with van der Waals surface area (Å²) in [6, 6.07) is 0. The molecule has 1 amide bonds. The zero-order valence-electron chi connectivity index (χ0n) is 6.74. The van der Waals surface area contributed by atoms with Crippen LogP contribution in [0.1, 0.15) is 6.92 Å². The summed E-state index contributed by atoms with van der Waals surface area (Å²) in [5.41, 5.74) is 0.614. The Morgan fingerprint density at radius 3 is 3.33 bits per heavy atom. The van der Waals surface area contributed by atoms with Crippen LogP contribution in [0, 0.1) is 0 Å². The van der Waals surface area contributed by atoms with Crippen molar-refractivity contribution in [2.45, 2.75) is 6.92 Å². The summed E-state index contributed by atoms with van der Waals surface area (Å²) in [4.78, 5) is 11.3. The fourth-order valence-electron chi connectivity index (χ4n) is 1.23. The molecule has 0 radical (unpaired) electrons. The third-order valence-corrected chi connectivity index (χ3v) is 1.74. The van der Waals surface area contributed by atoms with Crippen molar-refractivity contribution in [3.8, 4) is 0 Å². The number of hydrogen-bond acceptors (Lipinski definition) is 3. The minimum atomic E-state index is -0.0770. The average Bonchev–Trinajstić information content (AvgIpc) is 2.04. The SMILES string of the molecule is CC1=NN2CC=CC=C2C(=O)N1. The van der Waals surface area contributed by atoms with E-state index >= 15 is 0 Å². The van der Waals surface area contributed by atoms with Gasteiger partial charge in [0.2, 0.25) is 0 Å². The zero-order valence-corrected chi connectivity index (χ0v) is 6.74. The Morgan fingerprint density at radius 1 is 1.67 bits per heavy atom. The van der Waals surface area contributed by atoms with Crippen LogP contribution in [0.3, 0.4) is 0 Å². The molecule has 2 aliphatic heterocycles. The van der Waals surface area contributed by atoms with Crippen molar-refractivity contribution in [1.82, 2.24) is 10.3 Å². The molecular formula is C8H9N3O. The van der Waals surface area contributed by atoms with Gasteiger partial charge < -0.3 is 5.32 Å². The van der Waals surface area contributed by atoms with Crippen LogP contribution in [-0.2, 0) is 4.79 Å². The molecule has 0 saturated heterocycles. The number of fused-ring (bicyclic) bond motifs is 1. The lowest BCUT2D eigenvalue weighted by molar-refractivity contribution is -0.118. The lowest BCUT2D eigenvalue weighted by Crippen LogP contribution is -2.42. The molecule has 0 aromatic rings. The normalized spacial score (nSPS) is 21.1. The third-order valence-electron chi connectivity index (χ3n) is 1.74. The molecule has 0 atom stereocenters. The Morgan fingerprint density at radius 2 is 2.50 bits per heavy atom. The molecule has 2 aliphatic rings. The van der Waals surface area contributed by atoms with Crippen LogP contribution in [-0.4, -0.2) is 23.3 Å². The molecule has 0 saturated carbocycles. The van der Waals surface area contributed by atoms with E-state index in [0.717, 1.165) is 0 Å². The first kappa shape index (κ1) is 7.09. The standard InChI is InChI=1S/C8H9N3O/c1-6-9-8(12)7-4-2-3-5-11(7)10-6/h2-4H,5H2,1H3,(H,9,10,12). The van der Waals surface area contributed by atoms with Crippen LogP contribution >= 0.6 is 0 Å². The number of allylic oxidation sites excluding steroid dienone is 2. The first-order valence-electron chi connectivity index (χ1n) is 3.78. The molecule has 0 aromatic carbocycles. The van der Waals surface area contributed by atoms with Crippen molar-refractivity contribution in [1.29, 1.82) is 0 Å². The quantitative estimate of drug-likeness (QED) is 0.554. The van der Waals surface area contributed by atoms with E-state index in [4.69, 9.17) is 0 Å². The molecule has 62 valence electrons. The van der Waals surface area contributed by atoms with Gasteiger partial charge in [-0.3, -0.25) is 9.80 Å². The minimum absolute atomic E-state index is 0.0770. The van der Waals surface area contributed by atoms with Gasteiger partial charge in [-0.1, -0.05) is 12.2 Å². The zero-order chi connectivity index (χ0) is 8.55. The van der Waals surface area contributed by atoms with Gasteiger partial charge in [-0.05, 0) is 13.0 Å². The Balaban J connectivity index is 2.39. The number of hydrazone groups is 1. The van der Waals surface area contributed by atoms with Gasteiger partial charge in [0.15, 0.2) is 0 Å². The number of amidine groups is 1. The predicted octanol–water partition coefficient (Wildman–Crippen LogP) is 0.205. The Labute approximate surface area is 70.2 Å². The second-order valence-electron chi connectivity index (χ2n) is 2.70. The predicted molar refractivity (Wildman–Crippen MR) is 45.2 cm³/mol. The van der Waals surface area contributed by atoms with Crippen molar-refractivity contribution < 1.29 is 4.79 Å². The largest absolute Gasteiger partial charge is 0.308 e. The Kier molecular flexibility index (Phi) is 1.46. The molecule has 0 aromatic heterocycles. The van der Waals surface area contributed by atoms with Gasteiger partial charge in [-0.25, -0.2) is 0 Å². The average molecular weight is 163 g/mol. The second-order valence-corrected chi connectivity index (χ2v) is 2.70. The number of rotatable bonds is 0. The Hall–Kier alpha value is -1.58. The van der Waals surface area contributed by atoms with Gasteiger partial charge in [0, 0.05) is 0 Å². The monoisotopic (exact) mass is 163 g/mol. The summed E-state index contributed by atoms with van der Waals surface area (Å²) < 4.78 is 0. The lowest BCUT2D eigenvalue weighted by atomic mass is 10.2. The summed E-state index contributed by atoms with van der Waals surface area (Å²) in [7, 11) is 0. The molecule has 2 heterocycles. The van der Waals surface area contributed by atoms with Crippen molar-refractivity contribution in [3.63, 3.8) is 0 Å². The molecule has 12 heavy (non-hydrogen) atoms. The van der Waals surface area contributed by atoms with Gasteiger partial charge in [0.05, 0.1) is 6.54 Å². The maximum Gasteiger partial charge on any atom is 0.274 e. The van der Waals surface area contributed by atoms with Gasteiger partial charge >= 0.3 is 0 Å². The number of nitrogens with zero attached hydrogens (tertiary/aromatic N) is 2. The highest BCUT2D eigenvalue weighted by Gasteiger charge is 2.22. The molecular weight excluding hydrogens is 154 g/mol. The summed E-state index contributed by atoms with van der Waals surface area (Å²) in [5, 5.41) is 8.49. The van der Waals surface area contributed by atoms with E-state index in [1.807, 2.05) is 12.2 Å². The summed E-state index contributed by atoms with van der Waals surface area (Å²) in [6.07, 6.45) is 5.58. The van der Waals surface area contributed by atoms with E-state index in [0.29, 0.717) is 18.1 Å². The number of carbonyl (C=O) groups is 1. The third kappa shape index (κ3) is 1.01. The molecule has 0 fully saturated rings. The van der Waals surface area contributed by atoms with E-state index in [9.17, 15) is 4.79 Å². The van der Waals surface area contributed by atoms with Crippen LogP contribution in [0.2, 0.25) is 0 Å². The summed E-state index contributed by atoms with van der Waals surface area (Å²) in [5.74, 6) is 0.569. The van der Waals surface area contributed by atoms with Crippen molar-refractivity contribution in [3.05, 3.63) is 23.9 Å². The molecule has 4 nitrogen and oxygen atoms in total. The van der Waals surface area contributed by atoms with Crippen LogP contribution in [0.4, 0.5) is 0 Å². The van der Waals surface area contributed by atoms with Crippen molar-refractivity contribution in [2.24, 2.45) is 5.10 Å². The molecule has 0 aliphatic carbocycles. The molecule has 4 heteroatoms. The van der Waals surface area contributed by atoms with Gasteiger partial charge in [0.1, 0.15) is 11.5 Å². The second kappa shape index (κ2) is 2.48. The smallest absolute Gasteiger partial charge is 0.274 e. The fraction of sp³-hybridized carbons (Fsp3) is 0.250.